The normalized spacial score (nSPS) is 18.5. The third-order valence-corrected chi connectivity index (χ3v) is 3.00. The smallest absolute Gasteiger partial charge is 0.229 e. The quantitative estimate of drug-likeness (QED) is 0.614. The lowest BCUT2D eigenvalue weighted by molar-refractivity contribution is -0.327. The number of hydrogen-bond acceptors (Lipinski definition) is 4. The highest BCUT2D eigenvalue weighted by atomic mass is 16.7. The molecule has 1 aliphatic rings. The zero-order valence-electron chi connectivity index (χ0n) is 11.5. The van der Waals surface area contributed by atoms with Crippen molar-refractivity contribution < 1.29 is 14.2 Å². The Labute approximate surface area is 105 Å². The van der Waals surface area contributed by atoms with Gasteiger partial charge in [0, 0.05) is 19.5 Å². The van der Waals surface area contributed by atoms with Gasteiger partial charge in [-0.15, -0.1) is 0 Å². The van der Waals surface area contributed by atoms with Crippen molar-refractivity contribution in [1.82, 2.24) is 4.90 Å². The van der Waals surface area contributed by atoms with Crippen LogP contribution >= 0.6 is 0 Å². The van der Waals surface area contributed by atoms with Crippen LogP contribution in [0, 0.1) is 0 Å². The number of hydrogen-bond donors (Lipinski definition) is 0. The standard InChI is InChI=1S/C13H27NO3/c1-4-9-16-13(6-3,17-10-5-2)14-7-11-15-12-8-14/h4-12H2,1-3H3. The van der Waals surface area contributed by atoms with Crippen molar-refractivity contribution in [2.24, 2.45) is 0 Å². The van der Waals surface area contributed by atoms with E-state index in [1.807, 2.05) is 0 Å². The summed E-state index contributed by atoms with van der Waals surface area (Å²) >= 11 is 0. The summed E-state index contributed by atoms with van der Waals surface area (Å²) in [6.45, 7) is 11.2. The van der Waals surface area contributed by atoms with Gasteiger partial charge in [-0.3, -0.25) is 0 Å². The molecular formula is C13H27NO3. The molecule has 4 heteroatoms. The van der Waals surface area contributed by atoms with Crippen molar-refractivity contribution in [3.8, 4) is 0 Å². The third-order valence-electron chi connectivity index (χ3n) is 3.00. The molecule has 0 spiro atoms. The van der Waals surface area contributed by atoms with Crippen LogP contribution in [-0.4, -0.2) is 50.3 Å². The van der Waals surface area contributed by atoms with E-state index in [0.717, 1.165) is 58.8 Å². The summed E-state index contributed by atoms with van der Waals surface area (Å²) in [6.07, 6.45) is 2.89. The van der Waals surface area contributed by atoms with Crippen LogP contribution in [0.4, 0.5) is 0 Å². The highest BCUT2D eigenvalue weighted by Crippen LogP contribution is 2.25. The van der Waals surface area contributed by atoms with Gasteiger partial charge >= 0.3 is 0 Å². The van der Waals surface area contributed by atoms with Crippen molar-refractivity contribution in [1.29, 1.82) is 0 Å². The number of morpholine rings is 1. The van der Waals surface area contributed by atoms with E-state index >= 15 is 0 Å². The Balaban J connectivity index is 2.64. The van der Waals surface area contributed by atoms with E-state index in [0.29, 0.717) is 0 Å². The molecule has 0 saturated carbocycles. The first-order valence-corrected chi connectivity index (χ1v) is 6.89. The minimum atomic E-state index is -0.532. The van der Waals surface area contributed by atoms with Gasteiger partial charge < -0.3 is 14.2 Å². The zero-order valence-corrected chi connectivity index (χ0v) is 11.5. The summed E-state index contributed by atoms with van der Waals surface area (Å²) in [5.41, 5.74) is 0. The molecule has 0 bridgehead atoms. The van der Waals surface area contributed by atoms with Crippen molar-refractivity contribution in [2.75, 3.05) is 39.5 Å². The van der Waals surface area contributed by atoms with Crippen molar-refractivity contribution >= 4 is 0 Å². The van der Waals surface area contributed by atoms with Gasteiger partial charge in [0.25, 0.3) is 0 Å². The minimum Gasteiger partial charge on any atom is -0.379 e. The van der Waals surface area contributed by atoms with E-state index in [1.54, 1.807) is 0 Å². The molecule has 102 valence electrons. The second kappa shape index (κ2) is 8.03. The van der Waals surface area contributed by atoms with Crippen molar-refractivity contribution in [3.63, 3.8) is 0 Å². The Kier molecular flexibility index (Phi) is 7.04. The third kappa shape index (κ3) is 4.21. The van der Waals surface area contributed by atoms with Crippen molar-refractivity contribution in [3.05, 3.63) is 0 Å². The molecule has 0 radical (unpaired) electrons. The molecule has 1 fully saturated rings. The van der Waals surface area contributed by atoms with Gasteiger partial charge in [0.05, 0.1) is 26.4 Å². The van der Waals surface area contributed by atoms with Crippen LogP contribution < -0.4 is 0 Å². The van der Waals surface area contributed by atoms with Gasteiger partial charge in [-0.25, -0.2) is 4.90 Å². The van der Waals surface area contributed by atoms with Gasteiger partial charge in [-0.1, -0.05) is 20.8 Å². The second-order valence-corrected chi connectivity index (χ2v) is 4.36. The first-order valence-electron chi connectivity index (χ1n) is 6.89. The Morgan fingerprint density at radius 3 is 1.94 bits per heavy atom. The lowest BCUT2D eigenvalue weighted by atomic mass is 10.2. The van der Waals surface area contributed by atoms with Crippen LogP contribution in [0.3, 0.4) is 0 Å². The van der Waals surface area contributed by atoms with Crippen LogP contribution in [0.25, 0.3) is 0 Å². The molecular weight excluding hydrogens is 218 g/mol. The molecule has 4 nitrogen and oxygen atoms in total. The molecule has 0 unspecified atom stereocenters. The molecule has 1 saturated heterocycles. The minimum absolute atomic E-state index is 0.532. The first-order chi connectivity index (χ1) is 8.29. The molecule has 1 rings (SSSR count). The summed E-state index contributed by atoms with van der Waals surface area (Å²) in [5, 5.41) is 0. The lowest BCUT2D eigenvalue weighted by Crippen LogP contribution is -2.56. The Morgan fingerprint density at radius 2 is 1.53 bits per heavy atom. The second-order valence-electron chi connectivity index (χ2n) is 4.36. The molecule has 0 aromatic heterocycles. The van der Waals surface area contributed by atoms with E-state index in [2.05, 4.69) is 25.7 Å². The highest BCUT2D eigenvalue weighted by Gasteiger charge is 2.37. The summed E-state index contributed by atoms with van der Waals surface area (Å²) in [6, 6.07) is 0. The number of rotatable bonds is 8. The average molecular weight is 245 g/mol. The summed E-state index contributed by atoms with van der Waals surface area (Å²) in [5.74, 6) is -0.532. The van der Waals surface area contributed by atoms with Crippen LogP contribution in [0.1, 0.15) is 40.0 Å². The van der Waals surface area contributed by atoms with Gasteiger partial charge in [0.15, 0.2) is 0 Å². The topological polar surface area (TPSA) is 30.9 Å². The number of ether oxygens (including phenoxy) is 3. The van der Waals surface area contributed by atoms with E-state index in [9.17, 15) is 0 Å². The van der Waals surface area contributed by atoms with Crippen LogP contribution in [-0.2, 0) is 14.2 Å². The summed E-state index contributed by atoms with van der Waals surface area (Å²) in [7, 11) is 0. The van der Waals surface area contributed by atoms with Crippen molar-refractivity contribution in [2.45, 2.75) is 45.9 Å². The average Bonchev–Trinajstić information content (AvgIpc) is 2.41. The molecule has 1 heterocycles. The van der Waals surface area contributed by atoms with E-state index in [4.69, 9.17) is 14.2 Å². The fourth-order valence-corrected chi connectivity index (χ4v) is 2.08. The monoisotopic (exact) mass is 245 g/mol. The van der Waals surface area contributed by atoms with Gasteiger partial charge in [-0.05, 0) is 12.8 Å². The summed E-state index contributed by atoms with van der Waals surface area (Å²) < 4.78 is 17.4. The molecule has 0 N–H and O–H groups in total. The Morgan fingerprint density at radius 1 is 1.00 bits per heavy atom. The molecule has 0 atom stereocenters. The first kappa shape index (κ1) is 14.9. The van der Waals surface area contributed by atoms with Gasteiger partial charge in [0.1, 0.15) is 0 Å². The highest BCUT2D eigenvalue weighted by molar-refractivity contribution is 4.74. The van der Waals surface area contributed by atoms with Crippen LogP contribution in [0.2, 0.25) is 0 Å². The molecule has 0 aromatic rings. The van der Waals surface area contributed by atoms with E-state index < -0.39 is 5.91 Å². The van der Waals surface area contributed by atoms with Gasteiger partial charge in [-0.2, -0.15) is 0 Å². The summed E-state index contributed by atoms with van der Waals surface area (Å²) in [4.78, 5) is 2.28. The lowest BCUT2D eigenvalue weighted by Gasteiger charge is -2.44. The zero-order chi connectivity index (χ0) is 12.6. The number of nitrogens with zero attached hydrogens (tertiary/aromatic N) is 1. The van der Waals surface area contributed by atoms with Crippen LogP contribution in [0.15, 0.2) is 0 Å². The fraction of sp³-hybridized carbons (Fsp3) is 1.00. The molecule has 17 heavy (non-hydrogen) atoms. The van der Waals surface area contributed by atoms with E-state index in [-0.39, 0.29) is 0 Å². The van der Waals surface area contributed by atoms with Gasteiger partial charge in [0.2, 0.25) is 5.91 Å². The molecule has 0 aromatic carbocycles. The maximum Gasteiger partial charge on any atom is 0.229 e. The molecule has 1 aliphatic heterocycles. The maximum absolute atomic E-state index is 6.02. The molecule has 0 aliphatic carbocycles. The Bertz CT molecular complexity index is 185. The SMILES string of the molecule is CCCOC(CC)(OCCC)N1CCOCC1. The predicted molar refractivity (Wildman–Crippen MR) is 67.9 cm³/mol. The van der Waals surface area contributed by atoms with Crippen LogP contribution in [0.5, 0.6) is 0 Å². The fourth-order valence-electron chi connectivity index (χ4n) is 2.08. The largest absolute Gasteiger partial charge is 0.379 e. The Hall–Kier alpha value is -0.160. The maximum atomic E-state index is 6.02. The predicted octanol–water partition coefficient (Wildman–Crippen LogP) is 2.24. The van der Waals surface area contributed by atoms with E-state index in [1.165, 1.54) is 0 Å². The molecule has 0 amide bonds.